The van der Waals surface area contributed by atoms with E-state index in [2.05, 4.69) is 20.7 Å². The molecule has 0 fully saturated rings. The number of benzene rings is 1. The summed E-state index contributed by atoms with van der Waals surface area (Å²) in [7, 11) is 0. The third kappa shape index (κ3) is 3.20. The molecule has 2 amide bonds. The van der Waals surface area contributed by atoms with Gasteiger partial charge >= 0.3 is 6.03 Å². The molecule has 0 saturated carbocycles. The molecule has 0 aliphatic carbocycles. The van der Waals surface area contributed by atoms with Gasteiger partial charge in [-0.1, -0.05) is 12.1 Å². The Labute approximate surface area is 126 Å². The zero-order valence-corrected chi connectivity index (χ0v) is 11.9. The van der Waals surface area contributed by atoms with Gasteiger partial charge in [0.25, 0.3) is 0 Å². The number of amides is 2. The van der Waals surface area contributed by atoms with E-state index in [4.69, 9.17) is 0 Å². The van der Waals surface area contributed by atoms with Crippen LogP contribution < -0.4 is 10.6 Å². The van der Waals surface area contributed by atoms with Gasteiger partial charge in [0.05, 0.1) is 23.8 Å². The number of anilines is 1. The lowest BCUT2D eigenvalue weighted by Gasteiger charge is -2.07. The second-order valence-corrected chi connectivity index (χ2v) is 4.87. The summed E-state index contributed by atoms with van der Waals surface area (Å²) in [5.41, 5.74) is 2.92. The van der Waals surface area contributed by atoms with Crippen molar-refractivity contribution in [1.82, 2.24) is 19.9 Å². The fraction of sp³-hybridized carbons (Fsp3) is 0.133. The van der Waals surface area contributed by atoms with Gasteiger partial charge in [-0.3, -0.25) is 0 Å². The highest BCUT2D eigenvalue weighted by molar-refractivity contribution is 5.88. The Hall–Kier alpha value is -2.96. The summed E-state index contributed by atoms with van der Waals surface area (Å²) >= 11 is 0. The van der Waals surface area contributed by atoms with E-state index in [-0.39, 0.29) is 11.8 Å². The highest BCUT2D eigenvalue weighted by Crippen LogP contribution is 2.09. The lowest BCUT2D eigenvalue weighted by atomic mass is 10.2. The van der Waals surface area contributed by atoms with Gasteiger partial charge in [0, 0.05) is 12.6 Å². The number of hydrogen-bond donors (Lipinski definition) is 2. The molecule has 112 valence electrons. The largest absolute Gasteiger partial charge is 0.334 e. The molecule has 6 nitrogen and oxygen atoms in total. The van der Waals surface area contributed by atoms with Gasteiger partial charge in [-0.2, -0.15) is 5.10 Å². The van der Waals surface area contributed by atoms with Crippen molar-refractivity contribution in [3.05, 3.63) is 59.8 Å². The van der Waals surface area contributed by atoms with Crippen LogP contribution in [0.2, 0.25) is 0 Å². The Morgan fingerprint density at radius 1 is 1.32 bits per heavy atom. The fourth-order valence-corrected chi connectivity index (χ4v) is 2.02. The number of carbonyl (C=O) groups excluding carboxylic acids is 1. The minimum absolute atomic E-state index is 0.304. The molecule has 3 rings (SSSR count). The van der Waals surface area contributed by atoms with Gasteiger partial charge in [0.15, 0.2) is 5.65 Å². The number of aryl methyl sites for hydroxylation is 1. The quantitative estimate of drug-likeness (QED) is 0.780. The normalized spacial score (nSPS) is 10.6. The Morgan fingerprint density at radius 3 is 2.86 bits per heavy atom. The van der Waals surface area contributed by atoms with Crippen molar-refractivity contribution in [3.8, 4) is 0 Å². The molecule has 7 heteroatoms. The molecule has 1 aromatic carbocycles. The molecule has 22 heavy (non-hydrogen) atoms. The van der Waals surface area contributed by atoms with E-state index in [1.54, 1.807) is 29.0 Å². The third-order valence-corrected chi connectivity index (χ3v) is 3.06. The maximum atomic E-state index is 12.8. The average Bonchev–Trinajstić information content (AvgIpc) is 2.86. The molecular weight excluding hydrogens is 285 g/mol. The van der Waals surface area contributed by atoms with E-state index in [1.165, 1.54) is 12.1 Å². The minimum atomic E-state index is -0.366. The number of nitrogens with one attached hydrogen (secondary N) is 2. The highest BCUT2D eigenvalue weighted by Gasteiger charge is 2.05. The van der Waals surface area contributed by atoms with Crippen molar-refractivity contribution in [2.75, 3.05) is 5.32 Å². The molecule has 0 aliphatic rings. The predicted molar refractivity (Wildman–Crippen MR) is 80.0 cm³/mol. The number of hydrogen-bond acceptors (Lipinski definition) is 3. The molecule has 0 radical (unpaired) electrons. The van der Waals surface area contributed by atoms with Crippen LogP contribution in [0.4, 0.5) is 14.9 Å². The third-order valence-electron chi connectivity index (χ3n) is 3.06. The Bertz CT molecular complexity index is 812. The number of fused-ring (bicyclic) bond motifs is 1. The summed E-state index contributed by atoms with van der Waals surface area (Å²) in [6, 6.07) is 7.43. The summed E-state index contributed by atoms with van der Waals surface area (Å²) < 4.78 is 14.4. The van der Waals surface area contributed by atoms with Crippen molar-refractivity contribution >= 4 is 17.4 Å². The maximum absolute atomic E-state index is 12.8. The zero-order chi connectivity index (χ0) is 15.5. The summed E-state index contributed by atoms with van der Waals surface area (Å²) in [6.07, 6.45) is 3.25. The van der Waals surface area contributed by atoms with Crippen molar-refractivity contribution in [1.29, 1.82) is 0 Å². The van der Waals surface area contributed by atoms with Gasteiger partial charge in [-0.15, -0.1) is 0 Å². The number of aromatic nitrogens is 3. The standard InChI is InChI=1S/C15H14FN5O/c1-10-6-14-17-8-13(9-21(14)20-10)19-15(22)18-7-11-2-4-12(16)5-3-11/h2-6,8-9H,7H2,1H3,(H2,18,19,22). The molecular formula is C15H14FN5O. The first kappa shape index (κ1) is 14.0. The zero-order valence-electron chi connectivity index (χ0n) is 11.9. The van der Waals surface area contributed by atoms with Gasteiger partial charge in [-0.05, 0) is 24.6 Å². The van der Waals surface area contributed by atoms with Crippen LogP contribution in [0.25, 0.3) is 5.65 Å². The summed E-state index contributed by atoms with van der Waals surface area (Å²) in [4.78, 5) is 16.0. The first-order valence-electron chi connectivity index (χ1n) is 6.71. The van der Waals surface area contributed by atoms with Crippen molar-refractivity contribution < 1.29 is 9.18 Å². The predicted octanol–water partition coefficient (Wildman–Crippen LogP) is 2.50. The lowest BCUT2D eigenvalue weighted by Crippen LogP contribution is -2.28. The number of rotatable bonds is 3. The summed E-state index contributed by atoms with van der Waals surface area (Å²) in [6.45, 7) is 2.18. The van der Waals surface area contributed by atoms with Gasteiger partial charge in [0.1, 0.15) is 5.82 Å². The van der Waals surface area contributed by atoms with Crippen LogP contribution in [-0.2, 0) is 6.54 Å². The Morgan fingerprint density at radius 2 is 2.09 bits per heavy atom. The molecule has 2 N–H and O–H groups in total. The number of halogens is 1. The SMILES string of the molecule is Cc1cc2ncc(NC(=O)NCc3ccc(F)cc3)cn2n1. The van der Waals surface area contributed by atoms with Crippen LogP contribution >= 0.6 is 0 Å². The second kappa shape index (κ2) is 5.80. The number of carbonyl (C=O) groups is 1. The van der Waals surface area contributed by atoms with E-state index in [1.807, 2.05) is 13.0 Å². The van der Waals surface area contributed by atoms with Gasteiger partial charge < -0.3 is 10.6 Å². The van der Waals surface area contributed by atoms with Crippen molar-refractivity contribution in [2.45, 2.75) is 13.5 Å². The highest BCUT2D eigenvalue weighted by atomic mass is 19.1. The Kier molecular flexibility index (Phi) is 3.69. The molecule has 0 unspecified atom stereocenters. The van der Waals surface area contributed by atoms with E-state index in [0.717, 1.165) is 16.9 Å². The minimum Gasteiger partial charge on any atom is -0.334 e. The van der Waals surface area contributed by atoms with Crippen LogP contribution in [-0.4, -0.2) is 20.6 Å². The van der Waals surface area contributed by atoms with Crippen LogP contribution in [0.1, 0.15) is 11.3 Å². The lowest BCUT2D eigenvalue weighted by molar-refractivity contribution is 0.251. The van der Waals surface area contributed by atoms with Gasteiger partial charge in [0.2, 0.25) is 0 Å². The first-order valence-corrected chi connectivity index (χ1v) is 6.71. The topological polar surface area (TPSA) is 71.3 Å². The molecule has 0 saturated heterocycles. The maximum Gasteiger partial charge on any atom is 0.319 e. The van der Waals surface area contributed by atoms with Crippen LogP contribution in [0.3, 0.4) is 0 Å². The van der Waals surface area contributed by atoms with Crippen LogP contribution in [0.5, 0.6) is 0 Å². The molecule has 2 aromatic heterocycles. The van der Waals surface area contributed by atoms with Crippen molar-refractivity contribution in [2.24, 2.45) is 0 Å². The van der Waals surface area contributed by atoms with Crippen LogP contribution in [0.15, 0.2) is 42.7 Å². The molecule has 0 spiro atoms. The molecule has 3 aromatic rings. The summed E-state index contributed by atoms with van der Waals surface area (Å²) in [5, 5.41) is 9.60. The van der Waals surface area contributed by atoms with E-state index < -0.39 is 0 Å². The van der Waals surface area contributed by atoms with E-state index >= 15 is 0 Å². The number of nitrogens with zero attached hydrogens (tertiary/aromatic N) is 3. The first-order chi connectivity index (χ1) is 10.6. The summed E-state index contributed by atoms with van der Waals surface area (Å²) in [5.74, 6) is -0.304. The Balaban J connectivity index is 1.61. The van der Waals surface area contributed by atoms with Gasteiger partial charge in [-0.25, -0.2) is 18.7 Å². The molecule has 0 aliphatic heterocycles. The average molecular weight is 299 g/mol. The smallest absolute Gasteiger partial charge is 0.319 e. The fourth-order valence-electron chi connectivity index (χ4n) is 2.02. The molecule has 0 bridgehead atoms. The number of urea groups is 1. The van der Waals surface area contributed by atoms with E-state index in [9.17, 15) is 9.18 Å². The second-order valence-electron chi connectivity index (χ2n) is 4.87. The van der Waals surface area contributed by atoms with E-state index in [0.29, 0.717) is 12.2 Å². The van der Waals surface area contributed by atoms with Crippen molar-refractivity contribution in [3.63, 3.8) is 0 Å². The monoisotopic (exact) mass is 299 g/mol. The molecule has 0 atom stereocenters. The molecule has 2 heterocycles. The van der Waals surface area contributed by atoms with Crippen LogP contribution in [0, 0.1) is 12.7 Å².